The van der Waals surface area contributed by atoms with Crippen molar-refractivity contribution < 1.29 is 22.0 Å². The van der Waals surface area contributed by atoms with Gasteiger partial charge in [0.2, 0.25) is 0 Å². The molecule has 2 aliphatic rings. The monoisotopic (exact) mass is 236 g/mol. The topological polar surface area (TPSA) is 87.2 Å². The molecule has 2 amide bonds. The predicted octanol–water partition coefficient (Wildman–Crippen LogP) is -0.133. The maximum absolute atomic E-state index is 11.6. The van der Waals surface area contributed by atoms with Crippen molar-refractivity contribution in [3.8, 4) is 0 Å². The lowest BCUT2D eigenvalue weighted by Crippen LogP contribution is -2.36. The molecule has 0 aromatic carbocycles. The highest BCUT2D eigenvalue weighted by Gasteiger charge is 2.45. The van der Waals surface area contributed by atoms with Gasteiger partial charge in [0.15, 0.2) is 0 Å². The van der Waals surface area contributed by atoms with E-state index in [0.29, 0.717) is 25.4 Å². The summed E-state index contributed by atoms with van der Waals surface area (Å²) in [6.45, 7) is 3.03. The Hall–Kier alpha value is -0.860. The minimum atomic E-state index is -4.62. The lowest BCUT2D eigenvalue weighted by Gasteiger charge is -2.25. The van der Waals surface area contributed by atoms with Crippen LogP contribution < -0.4 is 0 Å². The summed E-state index contributed by atoms with van der Waals surface area (Å²) in [6, 6.07) is -0.787. The molecule has 86 valence electrons. The summed E-state index contributed by atoms with van der Waals surface area (Å²) in [6.07, 6.45) is 0.678. The number of fused-ring (bicyclic) bond motifs is 2. The van der Waals surface area contributed by atoms with Gasteiger partial charge in [0.05, 0.1) is 6.04 Å². The van der Waals surface area contributed by atoms with E-state index in [0.717, 1.165) is 5.06 Å². The smallest absolute Gasteiger partial charge is 0.320 e. The molecule has 0 spiro atoms. The van der Waals surface area contributed by atoms with E-state index in [-0.39, 0.29) is 6.04 Å². The lowest BCUT2D eigenvalue weighted by atomic mass is 9.98. The molecule has 2 aliphatic heterocycles. The molecular formula is C7H12N2O5S. The van der Waals surface area contributed by atoms with Crippen LogP contribution in [0.3, 0.4) is 0 Å². The van der Waals surface area contributed by atoms with Gasteiger partial charge in [-0.2, -0.15) is 13.5 Å². The van der Waals surface area contributed by atoms with Gasteiger partial charge in [0, 0.05) is 13.1 Å². The highest BCUT2D eigenvalue weighted by atomic mass is 32.3. The zero-order valence-corrected chi connectivity index (χ0v) is 8.98. The summed E-state index contributed by atoms with van der Waals surface area (Å²) in [5, 5.41) is 0.749. The summed E-state index contributed by atoms with van der Waals surface area (Å²) in [5.41, 5.74) is 0. The Labute approximate surface area is 87.5 Å². The van der Waals surface area contributed by atoms with Gasteiger partial charge >= 0.3 is 16.4 Å². The summed E-state index contributed by atoms with van der Waals surface area (Å²) < 4.78 is 33.8. The van der Waals surface area contributed by atoms with Crippen molar-refractivity contribution in [3.63, 3.8) is 0 Å². The van der Waals surface area contributed by atoms with Crippen LogP contribution in [0, 0.1) is 5.92 Å². The van der Waals surface area contributed by atoms with Crippen LogP contribution in [0.4, 0.5) is 4.79 Å². The molecule has 15 heavy (non-hydrogen) atoms. The first-order valence-electron chi connectivity index (χ1n) is 4.62. The van der Waals surface area contributed by atoms with Gasteiger partial charge in [-0.25, -0.2) is 4.79 Å². The average molecular weight is 236 g/mol. The Morgan fingerprint density at radius 3 is 2.73 bits per heavy atom. The SMILES string of the molecule is CC1C[C@H]2CN(C1)C(=O)N2OS(=O)(=O)O. The van der Waals surface area contributed by atoms with Crippen molar-refractivity contribution in [1.29, 1.82) is 0 Å². The van der Waals surface area contributed by atoms with E-state index in [1.165, 1.54) is 4.90 Å². The lowest BCUT2D eigenvalue weighted by molar-refractivity contribution is -0.0340. The van der Waals surface area contributed by atoms with Crippen LogP contribution in [0.25, 0.3) is 0 Å². The van der Waals surface area contributed by atoms with Crippen LogP contribution in [-0.2, 0) is 14.7 Å². The van der Waals surface area contributed by atoms with Gasteiger partial charge in [0.1, 0.15) is 0 Å². The number of nitrogens with zero attached hydrogens (tertiary/aromatic N) is 2. The van der Waals surface area contributed by atoms with Gasteiger partial charge in [-0.3, -0.25) is 4.55 Å². The van der Waals surface area contributed by atoms with Gasteiger partial charge in [-0.05, 0) is 12.3 Å². The zero-order chi connectivity index (χ0) is 11.2. The largest absolute Gasteiger partial charge is 0.418 e. The van der Waals surface area contributed by atoms with Crippen molar-refractivity contribution in [2.45, 2.75) is 19.4 Å². The fraction of sp³-hybridized carbons (Fsp3) is 0.857. The van der Waals surface area contributed by atoms with Crippen LogP contribution in [0.5, 0.6) is 0 Å². The third kappa shape index (κ3) is 2.06. The second kappa shape index (κ2) is 3.32. The van der Waals surface area contributed by atoms with E-state index in [2.05, 4.69) is 4.28 Å². The number of amides is 2. The second-order valence-electron chi connectivity index (χ2n) is 4.01. The minimum Gasteiger partial charge on any atom is -0.320 e. The Kier molecular flexibility index (Phi) is 2.36. The molecule has 2 bridgehead atoms. The van der Waals surface area contributed by atoms with Crippen LogP contribution in [0.2, 0.25) is 0 Å². The quantitative estimate of drug-likeness (QED) is 0.675. The number of carbonyl (C=O) groups is 1. The van der Waals surface area contributed by atoms with Crippen LogP contribution in [0.15, 0.2) is 0 Å². The fourth-order valence-corrected chi connectivity index (χ4v) is 2.52. The number of hydrogen-bond acceptors (Lipinski definition) is 4. The molecule has 1 unspecified atom stereocenters. The van der Waals surface area contributed by atoms with Gasteiger partial charge in [-0.15, -0.1) is 4.28 Å². The number of rotatable bonds is 2. The average Bonchev–Trinajstić information content (AvgIpc) is 2.27. The molecule has 0 aromatic heterocycles. The van der Waals surface area contributed by atoms with Gasteiger partial charge < -0.3 is 4.90 Å². The minimum absolute atomic E-state index is 0.289. The van der Waals surface area contributed by atoms with Gasteiger partial charge in [0.25, 0.3) is 0 Å². The molecule has 0 aliphatic carbocycles. The second-order valence-corrected chi connectivity index (χ2v) is 5.01. The number of urea groups is 1. The molecule has 2 rings (SSSR count). The summed E-state index contributed by atoms with van der Waals surface area (Å²) >= 11 is 0. The van der Waals surface area contributed by atoms with Crippen LogP contribution >= 0.6 is 0 Å². The van der Waals surface area contributed by atoms with Crippen molar-refractivity contribution in [3.05, 3.63) is 0 Å². The molecule has 7 nitrogen and oxygen atoms in total. The van der Waals surface area contributed by atoms with E-state index >= 15 is 0 Å². The number of piperidine rings is 1. The first-order valence-corrected chi connectivity index (χ1v) is 5.98. The third-order valence-corrected chi connectivity index (χ3v) is 2.95. The number of carbonyl (C=O) groups excluding carboxylic acids is 1. The Morgan fingerprint density at radius 1 is 1.47 bits per heavy atom. The highest BCUT2D eigenvalue weighted by Crippen LogP contribution is 2.29. The molecule has 2 fully saturated rings. The predicted molar refractivity (Wildman–Crippen MR) is 49.0 cm³/mol. The molecular weight excluding hydrogens is 224 g/mol. The van der Waals surface area contributed by atoms with E-state index < -0.39 is 16.4 Å². The van der Waals surface area contributed by atoms with Gasteiger partial charge in [-0.1, -0.05) is 6.92 Å². The van der Waals surface area contributed by atoms with Crippen LogP contribution in [-0.4, -0.2) is 48.1 Å². The van der Waals surface area contributed by atoms with Crippen molar-refractivity contribution in [1.82, 2.24) is 9.96 Å². The molecule has 8 heteroatoms. The van der Waals surface area contributed by atoms with Crippen molar-refractivity contribution >= 4 is 16.4 Å². The number of hydroxylamine groups is 2. The Morgan fingerprint density at radius 2 is 2.13 bits per heavy atom. The number of hydrogen-bond donors (Lipinski definition) is 1. The van der Waals surface area contributed by atoms with E-state index in [1.807, 2.05) is 6.92 Å². The highest BCUT2D eigenvalue weighted by molar-refractivity contribution is 7.80. The van der Waals surface area contributed by atoms with E-state index in [9.17, 15) is 13.2 Å². The van der Waals surface area contributed by atoms with Crippen molar-refractivity contribution in [2.75, 3.05) is 13.1 Å². The maximum Gasteiger partial charge on any atom is 0.418 e. The van der Waals surface area contributed by atoms with E-state index in [1.54, 1.807) is 0 Å². The van der Waals surface area contributed by atoms with Crippen LogP contribution in [0.1, 0.15) is 13.3 Å². The van der Waals surface area contributed by atoms with E-state index in [4.69, 9.17) is 4.55 Å². The third-order valence-electron chi connectivity index (χ3n) is 2.60. The summed E-state index contributed by atoms with van der Waals surface area (Å²) in [5.74, 6) is 0.308. The molecule has 0 radical (unpaired) electrons. The Bertz CT molecular complexity index is 381. The molecule has 1 N–H and O–H groups in total. The normalized spacial score (nSPS) is 31.2. The maximum atomic E-state index is 11.6. The Balaban J connectivity index is 2.17. The molecule has 2 heterocycles. The summed E-state index contributed by atoms with van der Waals surface area (Å²) in [7, 11) is -4.62. The molecule has 0 saturated carbocycles. The first-order chi connectivity index (χ1) is 6.87. The zero-order valence-electron chi connectivity index (χ0n) is 8.16. The standard InChI is InChI=1S/C7H12N2O5S/c1-5-2-6-4-8(3-5)7(10)9(6)14-15(11,12)13/h5-6H,2-4H2,1H3,(H,11,12,13)/t5?,6-/m0/s1. The van der Waals surface area contributed by atoms with Crippen molar-refractivity contribution in [2.24, 2.45) is 5.92 Å². The molecule has 2 saturated heterocycles. The molecule has 2 atom stereocenters. The summed E-state index contributed by atoms with van der Waals surface area (Å²) in [4.78, 5) is 13.1. The fourth-order valence-electron chi connectivity index (χ4n) is 2.13. The first kappa shape index (κ1) is 10.7. The molecule has 0 aromatic rings.